The number of rotatable bonds is 4. The minimum Gasteiger partial charge on any atom is -0.357 e. The average Bonchev–Trinajstić information content (AvgIpc) is 3.16. The van der Waals surface area contributed by atoms with Gasteiger partial charge in [-0.05, 0) is 37.0 Å². The van der Waals surface area contributed by atoms with Crippen LogP contribution in [0.3, 0.4) is 0 Å². The summed E-state index contributed by atoms with van der Waals surface area (Å²) < 4.78 is 0. The van der Waals surface area contributed by atoms with Crippen LogP contribution in [0.1, 0.15) is 31.2 Å². The van der Waals surface area contributed by atoms with Crippen molar-refractivity contribution in [2.45, 2.75) is 38.3 Å². The normalized spacial score (nSPS) is 21.4. The largest absolute Gasteiger partial charge is 0.357 e. The van der Waals surface area contributed by atoms with E-state index in [1.807, 2.05) is 12.1 Å². The lowest BCUT2D eigenvalue weighted by Crippen LogP contribution is -2.41. The first kappa shape index (κ1) is 13.9. The Bertz CT molecular complexity index is 540. The van der Waals surface area contributed by atoms with Gasteiger partial charge in [-0.25, -0.2) is 4.98 Å². The van der Waals surface area contributed by atoms with Crippen LogP contribution >= 0.6 is 0 Å². The third-order valence-electron chi connectivity index (χ3n) is 4.02. The smallest absolute Gasteiger partial charge is 0.242 e. The number of carbonyl (C=O) groups excluding carboxylic acids is 2. The van der Waals surface area contributed by atoms with Gasteiger partial charge in [-0.2, -0.15) is 0 Å². The van der Waals surface area contributed by atoms with E-state index in [0.29, 0.717) is 19.4 Å². The molecule has 2 aliphatic heterocycles. The molecule has 21 heavy (non-hydrogen) atoms. The summed E-state index contributed by atoms with van der Waals surface area (Å²) in [4.78, 5) is 29.7. The highest BCUT2D eigenvalue weighted by atomic mass is 16.2. The van der Waals surface area contributed by atoms with E-state index in [9.17, 15) is 9.59 Å². The van der Waals surface area contributed by atoms with Crippen molar-refractivity contribution in [2.24, 2.45) is 0 Å². The van der Waals surface area contributed by atoms with E-state index in [1.165, 1.54) is 12.8 Å². The maximum atomic E-state index is 12.0. The Labute approximate surface area is 123 Å². The zero-order valence-corrected chi connectivity index (χ0v) is 12.0. The van der Waals surface area contributed by atoms with Gasteiger partial charge in [0.25, 0.3) is 0 Å². The molecule has 2 amide bonds. The van der Waals surface area contributed by atoms with Gasteiger partial charge in [0, 0.05) is 32.3 Å². The van der Waals surface area contributed by atoms with Crippen LogP contribution in [0.15, 0.2) is 18.3 Å². The number of nitrogens with zero attached hydrogens (tertiary/aromatic N) is 2. The monoisotopic (exact) mass is 288 g/mol. The third kappa shape index (κ3) is 3.32. The summed E-state index contributed by atoms with van der Waals surface area (Å²) in [6.45, 7) is 2.57. The number of nitrogens with one attached hydrogen (secondary N) is 2. The molecular formula is C15H20N4O2. The summed E-state index contributed by atoms with van der Waals surface area (Å²) in [5.74, 6) is 0.823. The van der Waals surface area contributed by atoms with Crippen LogP contribution in [0.25, 0.3) is 0 Å². The summed E-state index contributed by atoms with van der Waals surface area (Å²) in [7, 11) is 0. The molecule has 1 aromatic rings. The summed E-state index contributed by atoms with van der Waals surface area (Å²) in [5, 5.41) is 5.55. The Morgan fingerprint density at radius 3 is 2.95 bits per heavy atom. The molecule has 6 heteroatoms. The van der Waals surface area contributed by atoms with Crippen molar-refractivity contribution in [3.05, 3.63) is 23.9 Å². The Morgan fingerprint density at radius 2 is 2.24 bits per heavy atom. The molecule has 2 aliphatic rings. The fourth-order valence-corrected chi connectivity index (χ4v) is 2.81. The Hall–Kier alpha value is -2.11. The molecule has 0 aliphatic carbocycles. The first-order valence-electron chi connectivity index (χ1n) is 7.49. The second-order valence-corrected chi connectivity index (χ2v) is 5.59. The fourth-order valence-electron chi connectivity index (χ4n) is 2.81. The molecule has 2 saturated heterocycles. The minimum atomic E-state index is -0.377. The quantitative estimate of drug-likeness (QED) is 0.850. The van der Waals surface area contributed by atoms with Crippen molar-refractivity contribution in [2.75, 3.05) is 18.0 Å². The number of pyridine rings is 1. The molecule has 2 fully saturated rings. The van der Waals surface area contributed by atoms with E-state index in [2.05, 4.69) is 20.5 Å². The van der Waals surface area contributed by atoms with Crippen molar-refractivity contribution in [3.8, 4) is 0 Å². The number of hydrogen-bond acceptors (Lipinski definition) is 4. The van der Waals surface area contributed by atoms with Gasteiger partial charge in [0.05, 0.1) is 0 Å². The van der Waals surface area contributed by atoms with Gasteiger partial charge in [0.2, 0.25) is 11.8 Å². The van der Waals surface area contributed by atoms with Crippen LogP contribution in [0.5, 0.6) is 0 Å². The molecule has 2 N–H and O–H groups in total. The van der Waals surface area contributed by atoms with Gasteiger partial charge in [-0.3, -0.25) is 9.59 Å². The lowest BCUT2D eigenvalue weighted by Gasteiger charge is -2.17. The van der Waals surface area contributed by atoms with Gasteiger partial charge >= 0.3 is 0 Å². The van der Waals surface area contributed by atoms with Crippen LogP contribution < -0.4 is 15.5 Å². The van der Waals surface area contributed by atoms with Crippen molar-refractivity contribution in [1.82, 2.24) is 15.6 Å². The Balaban J connectivity index is 1.56. The predicted molar refractivity (Wildman–Crippen MR) is 78.7 cm³/mol. The topological polar surface area (TPSA) is 74.3 Å². The standard InChI is InChI=1S/C15H20N4O2/c20-14-4-3-12(18-14)15(21)17-10-11-5-6-16-13(9-11)19-7-1-2-8-19/h5-6,9,12H,1-4,7-8,10H2,(H,17,21)(H,18,20)/t12-/m1/s1. The molecule has 112 valence electrons. The molecule has 0 aromatic carbocycles. The van der Waals surface area contributed by atoms with E-state index in [0.717, 1.165) is 24.5 Å². The summed E-state index contributed by atoms with van der Waals surface area (Å²) in [6.07, 6.45) is 5.23. The van der Waals surface area contributed by atoms with Gasteiger partial charge in [0.15, 0.2) is 0 Å². The highest BCUT2D eigenvalue weighted by Crippen LogP contribution is 2.18. The molecule has 1 aromatic heterocycles. The number of hydrogen-bond donors (Lipinski definition) is 2. The second kappa shape index (κ2) is 6.11. The Kier molecular flexibility index (Phi) is 4.03. The van der Waals surface area contributed by atoms with Gasteiger partial charge < -0.3 is 15.5 Å². The van der Waals surface area contributed by atoms with Crippen molar-refractivity contribution in [3.63, 3.8) is 0 Å². The molecule has 0 radical (unpaired) electrons. The van der Waals surface area contributed by atoms with Crippen LogP contribution in [0, 0.1) is 0 Å². The maximum Gasteiger partial charge on any atom is 0.242 e. The first-order valence-corrected chi connectivity index (χ1v) is 7.49. The molecule has 0 spiro atoms. The Morgan fingerprint density at radius 1 is 1.43 bits per heavy atom. The molecular weight excluding hydrogens is 268 g/mol. The predicted octanol–water partition coefficient (Wildman–Crippen LogP) is 0.577. The average molecular weight is 288 g/mol. The van der Waals surface area contributed by atoms with Crippen LogP contribution in [-0.2, 0) is 16.1 Å². The van der Waals surface area contributed by atoms with Crippen LogP contribution in [0.2, 0.25) is 0 Å². The SMILES string of the molecule is O=C1CC[C@H](C(=O)NCc2ccnc(N3CCCC3)c2)N1. The molecule has 6 nitrogen and oxygen atoms in total. The molecule has 0 bridgehead atoms. The zero-order chi connectivity index (χ0) is 14.7. The summed E-state index contributed by atoms with van der Waals surface area (Å²) >= 11 is 0. The van der Waals surface area contributed by atoms with E-state index in [1.54, 1.807) is 6.20 Å². The lowest BCUT2D eigenvalue weighted by molar-refractivity contribution is -0.125. The first-order chi connectivity index (χ1) is 10.2. The van der Waals surface area contributed by atoms with Crippen LogP contribution in [-0.4, -0.2) is 35.9 Å². The highest BCUT2D eigenvalue weighted by Gasteiger charge is 2.26. The second-order valence-electron chi connectivity index (χ2n) is 5.59. The molecule has 0 saturated carbocycles. The third-order valence-corrected chi connectivity index (χ3v) is 4.02. The zero-order valence-electron chi connectivity index (χ0n) is 12.0. The molecule has 3 rings (SSSR count). The van der Waals surface area contributed by atoms with E-state index in [-0.39, 0.29) is 17.9 Å². The van der Waals surface area contributed by atoms with Gasteiger partial charge in [0.1, 0.15) is 11.9 Å². The summed E-state index contributed by atoms with van der Waals surface area (Å²) in [5.41, 5.74) is 1.03. The molecule has 0 unspecified atom stereocenters. The number of anilines is 1. The van der Waals surface area contributed by atoms with Crippen molar-refractivity contribution < 1.29 is 9.59 Å². The number of amides is 2. The maximum absolute atomic E-state index is 12.0. The summed E-state index contributed by atoms with van der Waals surface area (Å²) in [6, 6.07) is 3.56. The fraction of sp³-hybridized carbons (Fsp3) is 0.533. The lowest BCUT2D eigenvalue weighted by atomic mass is 10.2. The van der Waals surface area contributed by atoms with E-state index in [4.69, 9.17) is 0 Å². The van der Waals surface area contributed by atoms with Crippen molar-refractivity contribution >= 4 is 17.6 Å². The van der Waals surface area contributed by atoms with Crippen LogP contribution in [0.4, 0.5) is 5.82 Å². The van der Waals surface area contributed by atoms with E-state index < -0.39 is 0 Å². The number of carbonyl (C=O) groups is 2. The highest BCUT2D eigenvalue weighted by molar-refractivity contribution is 5.90. The molecule has 1 atom stereocenters. The van der Waals surface area contributed by atoms with Gasteiger partial charge in [-0.15, -0.1) is 0 Å². The van der Waals surface area contributed by atoms with Crippen molar-refractivity contribution in [1.29, 1.82) is 0 Å². The molecule has 3 heterocycles. The van der Waals surface area contributed by atoms with E-state index >= 15 is 0 Å². The minimum absolute atomic E-state index is 0.0459. The van der Waals surface area contributed by atoms with Gasteiger partial charge in [-0.1, -0.05) is 0 Å². The number of aromatic nitrogens is 1.